The van der Waals surface area contributed by atoms with Gasteiger partial charge in [0.15, 0.2) is 0 Å². The number of nitro benzene ring substituents is 2. The molecule has 0 unspecified atom stereocenters. The first-order chi connectivity index (χ1) is 36.1. The number of hydrogen-bond donors (Lipinski definition) is 2. The molecule has 8 aromatic rings. The zero-order valence-electron chi connectivity index (χ0n) is 43.8. The molecule has 0 fully saturated rings. The summed E-state index contributed by atoms with van der Waals surface area (Å²) in [5, 5.41) is 31.4. The molecule has 0 saturated carbocycles. The van der Waals surface area contributed by atoms with Crippen LogP contribution in [0.2, 0.25) is 0 Å². The van der Waals surface area contributed by atoms with Gasteiger partial charge in [0.05, 0.1) is 70.4 Å². The summed E-state index contributed by atoms with van der Waals surface area (Å²) >= 11 is 0. The minimum atomic E-state index is -0.880. The van der Waals surface area contributed by atoms with Gasteiger partial charge < -0.3 is 43.9 Å². The lowest BCUT2D eigenvalue weighted by atomic mass is 10.1. The van der Waals surface area contributed by atoms with Crippen molar-refractivity contribution in [3.63, 3.8) is 0 Å². The van der Waals surface area contributed by atoms with Gasteiger partial charge in [0.1, 0.15) is 5.69 Å². The second-order valence-electron chi connectivity index (χ2n) is 19.0. The van der Waals surface area contributed by atoms with Crippen LogP contribution in [0.1, 0.15) is 51.1 Å². The number of ether oxygens (including phenoxy) is 2. The number of hydrogen-bond acceptors (Lipinski definition) is 15. The molecule has 0 amide bonds. The predicted octanol–water partition coefficient (Wildman–Crippen LogP) is 11.5. The number of unbranched alkanes of at least 4 members (excludes halogenated alkanes) is 1. The number of fused-ring (bicyclic) bond motifs is 6. The van der Waals surface area contributed by atoms with E-state index in [9.17, 15) is 24.6 Å². The van der Waals surface area contributed by atoms with Crippen LogP contribution in [0, 0.1) is 39.9 Å². The van der Waals surface area contributed by atoms with Crippen LogP contribution in [0.3, 0.4) is 0 Å². The summed E-state index contributed by atoms with van der Waals surface area (Å²) < 4.78 is 29.9. The van der Waals surface area contributed by atoms with Gasteiger partial charge in [-0.2, -0.15) is 4.39 Å². The number of nitro groups is 2. The van der Waals surface area contributed by atoms with Crippen LogP contribution >= 0.6 is 0 Å². The number of likely N-dealkylation sites (N-methyl/N-ethyl adjacent to an activating group) is 2. The molecule has 19 nitrogen and oxygen atoms in total. The summed E-state index contributed by atoms with van der Waals surface area (Å²) in [6, 6.07) is 25.8. The zero-order chi connectivity index (χ0) is 53.3. The molecule has 4 aromatic heterocycles. The third-order valence-electron chi connectivity index (χ3n) is 13.1. The second kappa shape index (κ2) is 25.1. The van der Waals surface area contributed by atoms with Crippen molar-refractivity contribution < 1.29 is 25.1 Å². The van der Waals surface area contributed by atoms with Gasteiger partial charge in [-0.3, -0.25) is 20.2 Å². The molecular weight excluding hydrogens is 970 g/mol. The smallest absolute Gasteiger partial charge is 0.306 e. The van der Waals surface area contributed by atoms with Crippen molar-refractivity contribution in [3.8, 4) is 22.5 Å². The number of halogens is 1. The number of nitrogens with one attached hydrogen (secondary N) is 2. The number of benzene rings is 4. The molecule has 6 heterocycles. The van der Waals surface area contributed by atoms with Gasteiger partial charge in [-0.05, 0) is 103 Å². The molecule has 0 bridgehead atoms. The van der Waals surface area contributed by atoms with E-state index >= 15 is 0 Å². The molecule has 4 aromatic carbocycles. The van der Waals surface area contributed by atoms with E-state index in [0.717, 1.165) is 87.3 Å². The van der Waals surface area contributed by atoms with Gasteiger partial charge in [-0.1, -0.05) is 57.2 Å². The number of nitrogens with zero attached hydrogens (tertiary/aromatic N) is 11. The van der Waals surface area contributed by atoms with Crippen LogP contribution in [0.4, 0.5) is 44.7 Å². The molecule has 0 radical (unpaired) electrons. The highest BCUT2D eigenvalue weighted by Crippen LogP contribution is 2.39. The quantitative estimate of drug-likeness (QED) is 0.0725. The molecule has 76 heavy (non-hydrogen) atoms. The minimum Gasteiger partial charge on any atom is -0.373 e. The van der Waals surface area contributed by atoms with Crippen LogP contribution in [-0.2, 0) is 35.8 Å². The second-order valence-corrected chi connectivity index (χ2v) is 19.0. The van der Waals surface area contributed by atoms with Crippen molar-refractivity contribution >= 4 is 62.1 Å². The molecule has 0 saturated heterocycles. The molecule has 20 heteroatoms. The van der Waals surface area contributed by atoms with Gasteiger partial charge >= 0.3 is 5.69 Å². The maximum Gasteiger partial charge on any atom is 0.306 e. The van der Waals surface area contributed by atoms with Crippen molar-refractivity contribution in [2.75, 3.05) is 83.6 Å². The lowest BCUT2D eigenvalue weighted by molar-refractivity contribution is -0.387. The summed E-state index contributed by atoms with van der Waals surface area (Å²) in [6.07, 6.45) is 5.96. The molecule has 0 spiro atoms. The molecule has 0 aliphatic carbocycles. The predicted molar refractivity (Wildman–Crippen MR) is 302 cm³/mol. The van der Waals surface area contributed by atoms with E-state index in [2.05, 4.69) is 84.9 Å². The summed E-state index contributed by atoms with van der Waals surface area (Å²) in [5.41, 5.74) is 10.3. The average Bonchev–Trinajstić information content (AvgIpc) is 3.94. The van der Waals surface area contributed by atoms with Gasteiger partial charge in [0.2, 0.25) is 17.7 Å². The molecular formula is C56H70FN13O6. The first kappa shape index (κ1) is 55.8. The molecule has 2 N–H and O–H groups in total. The van der Waals surface area contributed by atoms with Crippen molar-refractivity contribution in [1.29, 1.82) is 0 Å². The highest BCUT2D eigenvalue weighted by molar-refractivity contribution is 5.98. The Kier molecular flexibility index (Phi) is 18.4. The Morgan fingerprint density at radius 1 is 0.671 bits per heavy atom. The van der Waals surface area contributed by atoms with Crippen LogP contribution in [0.5, 0.6) is 0 Å². The summed E-state index contributed by atoms with van der Waals surface area (Å²) in [6.45, 7) is 12.4. The Hall–Kier alpha value is -7.91. The van der Waals surface area contributed by atoms with Gasteiger partial charge in [0, 0.05) is 92.1 Å². The zero-order valence-corrected chi connectivity index (χ0v) is 43.8. The standard InChI is InChI=1S/C27H31N7O3.C22H18FN5O3.C6H15N.CH4.H2/c1-18-15-23(32(4)12-11-31(2)3)24(34(35)36)16-21(18)30-27-28-10-9-20(29-27)26-19-7-5-6-8-22(19)33-13-14-37-17-25(26)33;1-13-10-15(23)19(28(29)30)11-17(13)26-22-24-7-6-16(25-22)21-14-4-2-3-5-18(14)27-8-9-31-12-20(21)27;1-4-5-6-7(2)3;;/h5-10,15-16H,11-14,17H2,1-4H3,(H,28,29,30);2-7,10-11H,8-9,12H2,1H3,(H,24,25,26);4-6H2,1-3H3;1H4;1H/i;;;;1+1. The third-order valence-corrected chi connectivity index (χ3v) is 13.1. The van der Waals surface area contributed by atoms with E-state index in [1.807, 2.05) is 80.3 Å². The van der Waals surface area contributed by atoms with E-state index in [1.54, 1.807) is 25.4 Å². The number of rotatable bonds is 15. The fourth-order valence-electron chi connectivity index (χ4n) is 9.25. The normalized spacial score (nSPS) is 12.7. The van der Waals surface area contributed by atoms with Crippen LogP contribution in [0.25, 0.3) is 44.3 Å². The fraction of sp³-hybridized carbons (Fsp3) is 0.357. The Morgan fingerprint density at radius 3 is 1.61 bits per heavy atom. The lowest BCUT2D eigenvalue weighted by Crippen LogP contribution is -2.29. The van der Waals surface area contributed by atoms with Crippen LogP contribution in [-0.4, -0.2) is 117 Å². The summed E-state index contributed by atoms with van der Waals surface area (Å²) in [4.78, 5) is 46.3. The van der Waals surface area contributed by atoms with Crippen molar-refractivity contribution in [2.24, 2.45) is 0 Å². The number of aromatic nitrogens is 6. The van der Waals surface area contributed by atoms with Crippen LogP contribution in [0.15, 0.2) is 97.3 Å². The topological polar surface area (TPSA) is 200 Å². The van der Waals surface area contributed by atoms with Crippen LogP contribution < -0.4 is 15.5 Å². The van der Waals surface area contributed by atoms with E-state index in [4.69, 9.17) is 14.5 Å². The Morgan fingerprint density at radius 2 is 1.14 bits per heavy atom. The van der Waals surface area contributed by atoms with Crippen molar-refractivity contribution in [2.45, 2.75) is 67.3 Å². The highest BCUT2D eigenvalue weighted by atomic mass is 19.1. The largest absolute Gasteiger partial charge is 0.373 e. The van der Waals surface area contributed by atoms with Gasteiger partial charge in [-0.25, -0.2) is 19.9 Å². The van der Waals surface area contributed by atoms with Gasteiger partial charge in [-0.15, -0.1) is 0 Å². The molecule has 10 rings (SSSR count). The lowest BCUT2D eigenvalue weighted by Gasteiger charge is -2.22. The average molecular weight is 1040 g/mol. The Bertz CT molecular complexity index is 3350. The van der Waals surface area contributed by atoms with Crippen molar-refractivity contribution in [1.82, 2.24) is 38.9 Å². The SMILES string of the molecule is C.CCCCN(C)C.Cc1cc(F)c([N+](=O)[O-])cc1Nc1nccc(-c2c3n(c4ccccc24)CCOC3)n1.Cc1cc(N(C)CCN(C)C)c([N+](=O)[O-])cc1Nc1nccc(-c2c3n(c4ccccc24)CCOC3)n1.[2HH]. The van der Waals surface area contributed by atoms with E-state index in [-0.39, 0.29) is 25.4 Å². The maximum atomic E-state index is 13.9. The number of para-hydroxylation sites is 2. The monoisotopic (exact) mass is 1040 g/mol. The number of aryl methyl sites for hydroxylation is 2. The number of anilines is 5. The van der Waals surface area contributed by atoms with E-state index in [1.165, 1.54) is 19.4 Å². The first-order valence-electron chi connectivity index (χ1n) is 24.9. The molecule has 402 valence electrons. The first-order valence-corrected chi connectivity index (χ1v) is 24.9. The molecule has 2 aliphatic heterocycles. The van der Waals surface area contributed by atoms with Gasteiger partial charge in [0.25, 0.3) is 5.69 Å². The van der Waals surface area contributed by atoms with Crippen molar-refractivity contribution in [3.05, 3.63) is 146 Å². The third kappa shape index (κ3) is 12.6. The summed E-state index contributed by atoms with van der Waals surface area (Å²) in [5.74, 6) is -0.235. The van der Waals surface area contributed by atoms with E-state index in [0.29, 0.717) is 67.2 Å². The molecule has 2 aliphatic rings. The van der Waals surface area contributed by atoms with E-state index < -0.39 is 16.4 Å². The minimum absolute atomic E-state index is 0. The Labute approximate surface area is 444 Å². The molecule has 0 atom stereocenters. The summed E-state index contributed by atoms with van der Waals surface area (Å²) in [7, 11) is 10.0. The maximum absolute atomic E-state index is 13.9. The highest BCUT2D eigenvalue weighted by Gasteiger charge is 2.26. The fourth-order valence-corrected chi connectivity index (χ4v) is 9.25. The Balaban J connectivity index is 0.000000219.